The summed E-state index contributed by atoms with van der Waals surface area (Å²) >= 11 is 1.06. The zero-order valence-corrected chi connectivity index (χ0v) is 20.6. The fraction of sp³-hybridized carbons (Fsp3) is 0.240. The van der Waals surface area contributed by atoms with Gasteiger partial charge in [-0.1, -0.05) is 36.4 Å². The molecule has 2 heterocycles. The molecule has 1 saturated heterocycles. The summed E-state index contributed by atoms with van der Waals surface area (Å²) in [4.78, 5) is 39.2. The van der Waals surface area contributed by atoms with E-state index >= 15 is 0 Å². The number of amides is 2. The van der Waals surface area contributed by atoms with Crippen molar-refractivity contribution in [2.45, 2.75) is 30.0 Å². The average Bonchev–Trinajstić information content (AvgIpc) is 3.49. The molecule has 0 saturated carbocycles. The van der Waals surface area contributed by atoms with Crippen LogP contribution in [0.1, 0.15) is 29.3 Å². The number of rotatable bonds is 9. The number of carbonyl (C=O) groups is 3. The lowest BCUT2D eigenvalue weighted by atomic mass is 10.1. The SMILES string of the molecule is CCOC(=O)c1ccc(N2C(=O)CC(N(CCc3ccccc3)S(=O)(=O)c3cccs3)C2=O)cc1. The molecule has 8 nitrogen and oxygen atoms in total. The third-order valence-electron chi connectivity index (χ3n) is 5.63. The van der Waals surface area contributed by atoms with Crippen molar-refractivity contribution in [1.82, 2.24) is 4.31 Å². The number of esters is 1. The number of anilines is 1. The van der Waals surface area contributed by atoms with E-state index in [9.17, 15) is 22.8 Å². The van der Waals surface area contributed by atoms with E-state index in [1.165, 1.54) is 30.3 Å². The molecule has 1 aromatic heterocycles. The van der Waals surface area contributed by atoms with Crippen LogP contribution in [0, 0.1) is 0 Å². The van der Waals surface area contributed by atoms with Gasteiger partial charge >= 0.3 is 5.97 Å². The van der Waals surface area contributed by atoms with E-state index in [0.29, 0.717) is 6.42 Å². The van der Waals surface area contributed by atoms with Crippen molar-refractivity contribution in [1.29, 1.82) is 0 Å². The molecule has 0 aliphatic carbocycles. The molecule has 0 radical (unpaired) electrons. The highest BCUT2D eigenvalue weighted by Gasteiger charge is 2.47. The molecule has 2 aromatic carbocycles. The molecule has 1 unspecified atom stereocenters. The van der Waals surface area contributed by atoms with Crippen LogP contribution in [-0.4, -0.2) is 49.7 Å². The van der Waals surface area contributed by atoms with Gasteiger partial charge in [-0.05, 0) is 54.6 Å². The second kappa shape index (κ2) is 10.5. The predicted molar refractivity (Wildman–Crippen MR) is 132 cm³/mol. The van der Waals surface area contributed by atoms with Crippen LogP contribution < -0.4 is 4.90 Å². The smallest absolute Gasteiger partial charge is 0.338 e. The van der Waals surface area contributed by atoms with E-state index in [4.69, 9.17) is 4.74 Å². The summed E-state index contributed by atoms with van der Waals surface area (Å²) in [5.74, 6) is -1.63. The second-order valence-corrected chi connectivity index (χ2v) is 10.9. The molecule has 4 rings (SSSR count). The third kappa shape index (κ3) is 5.19. The average molecular weight is 513 g/mol. The summed E-state index contributed by atoms with van der Waals surface area (Å²) in [5.41, 5.74) is 1.48. The van der Waals surface area contributed by atoms with Crippen LogP contribution in [0.3, 0.4) is 0 Å². The van der Waals surface area contributed by atoms with Crippen molar-refractivity contribution >= 4 is 44.8 Å². The lowest BCUT2D eigenvalue weighted by Gasteiger charge is -2.26. The quantitative estimate of drug-likeness (QED) is 0.321. The van der Waals surface area contributed by atoms with Crippen molar-refractivity contribution in [2.75, 3.05) is 18.1 Å². The van der Waals surface area contributed by atoms with Crippen LogP contribution in [0.2, 0.25) is 0 Å². The van der Waals surface area contributed by atoms with Gasteiger partial charge in [0.05, 0.1) is 24.3 Å². The van der Waals surface area contributed by atoms with Gasteiger partial charge in [0.25, 0.3) is 15.9 Å². The number of sulfonamides is 1. The standard InChI is InChI=1S/C25H24N2O6S2/c1-2-33-25(30)19-10-12-20(13-11-19)27-22(28)17-21(24(27)29)26(15-14-18-7-4-3-5-8-18)35(31,32)23-9-6-16-34-23/h3-13,16,21H,2,14-15,17H2,1H3. The van der Waals surface area contributed by atoms with Crippen molar-refractivity contribution in [3.63, 3.8) is 0 Å². The van der Waals surface area contributed by atoms with Crippen LogP contribution in [0.5, 0.6) is 0 Å². The maximum Gasteiger partial charge on any atom is 0.338 e. The van der Waals surface area contributed by atoms with Crippen LogP contribution in [0.15, 0.2) is 76.3 Å². The zero-order valence-electron chi connectivity index (χ0n) is 19.0. The predicted octanol–water partition coefficient (Wildman–Crippen LogP) is 3.49. The minimum atomic E-state index is -4.01. The third-order valence-corrected chi connectivity index (χ3v) is 8.91. The molecule has 2 amide bonds. The molecule has 1 aliphatic heterocycles. The largest absolute Gasteiger partial charge is 0.462 e. The Morgan fingerprint density at radius 3 is 2.40 bits per heavy atom. The molecule has 1 aliphatic rings. The number of benzene rings is 2. The number of thiophene rings is 1. The normalized spacial score (nSPS) is 16.2. The summed E-state index contributed by atoms with van der Waals surface area (Å²) in [6, 6.07) is 17.2. The van der Waals surface area contributed by atoms with Crippen molar-refractivity contribution in [2.24, 2.45) is 0 Å². The van der Waals surface area contributed by atoms with Gasteiger partial charge in [0.15, 0.2) is 0 Å². The second-order valence-electron chi connectivity index (χ2n) is 7.84. The Hall–Kier alpha value is -3.34. The summed E-state index contributed by atoms with van der Waals surface area (Å²) in [7, 11) is -4.01. The number of carbonyl (C=O) groups excluding carboxylic acids is 3. The lowest BCUT2D eigenvalue weighted by molar-refractivity contribution is -0.122. The Morgan fingerprint density at radius 2 is 1.77 bits per heavy atom. The van der Waals surface area contributed by atoms with Gasteiger partial charge in [0.1, 0.15) is 10.3 Å². The Labute approximate surface area is 207 Å². The minimum Gasteiger partial charge on any atom is -0.462 e. The van der Waals surface area contributed by atoms with Gasteiger partial charge in [-0.3, -0.25) is 9.59 Å². The summed E-state index contributed by atoms with van der Waals surface area (Å²) < 4.78 is 33.2. The van der Waals surface area contributed by atoms with E-state index in [-0.39, 0.29) is 35.0 Å². The molecule has 1 atom stereocenters. The summed E-state index contributed by atoms with van der Waals surface area (Å²) in [5, 5.41) is 1.65. The summed E-state index contributed by atoms with van der Waals surface area (Å²) in [6.07, 6.45) is 0.121. The first-order chi connectivity index (χ1) is 16.8. The van der Waals surface area contributed by atoms with Crippen molar-refractivity contribution in [3.8, 4) is 0 Å². The molecule has 182 valence electrons. The van der Waals surface area contributed by atoms with E-state index in [2.05, 4.69) is 0 Å². The first-order valence-electron chi connectivity index (χ1n) is 11.1. The Bertz CT molecular complexity index is 1310. The maximum absolute atomic E-state index is 13.5. The van der Waals surface area contributed by atoms with Gasteiger partial charge in [-0.2, -0.15) is 4.31 Å². The molecule has 0 bridgehead atoms. The van der Waals surface area contributed by atoms with E-state index in [1.54, 1.807) is 18.4 Å². The van der Waals surface area contributed by atoms with Crippen molar-refractivity contribution < 1.29 is 27.5 Å². The molecule has 1 fully saturated rings. The molecular formula is C25H24N2O6S2. The van der Waals surface area contributed by atoms with E-state index < -0.39 is 33.8 Å². The first-order valence-corrected chi connectivity index (χ1v) is 13.4. The zero-order chi connectivity index (χ0) is 25.0. The molecule has 35 heavy (non-hydrogen) atoms. The Morgan fingerprint density at radius 1 is 1.06 bits per heavy atom. The van der Waals surface area contributed by atoms with Gasteiger partial charge in [-0.15, -0.1) is 11.3 Å². The maximum atomic E-state index is 13.5. The van der Waals surface area contributed by atoms with E-state index in [0.717, 1.165) is 26.1 Å². The van der Waals surface area contributed by atoms with Crippen LogP contribution in [0.4, 0.5) is 5.69 Å². The minimum absolute atomic E-state index is 0.0452. The van der Waals surface area contributed by atoms with Crippen molar-refractivity contribution in [3.05, 3.63) is 83.2 Å². The number of nitrogens with zero attached hydrogens (tertiary/aromatic N) is 2. The Kier molecular flexibility index (Phi) is 7.44. The molecule has 3 aromatic rings. The van der Waals surface area contributed by atoms with E-state index in [1.807, 2.05) is 30.3 Å². The number of imide groups is 1. The molecular weight excluding hydrogens is 488 g/mol. The van der Waals surface area contributed by atoms with Gasteiger partial charge in [-0.25, -0.2) is 18.1 Å². The van der Waals surface area contributed by atoms with Gasteiger partial charge in [0.2, 0.25) is 5.91 Å². The monoisotopic (exact) mass is 512 g/mol. The molecule has 0 N–H and O–H groups in total. The van der Waals surface area contributed by atoms with Crippen LogP contribution >= 0.6 is 11.3 Å². The summed E-state index contributed by atoms with van der Waals surface area (Å²) in [6.45, 7) is 1.97. The number of hydrogen-bond acceptors (Lipinski definition) is 7. The molecule has 10 heteroatoms. The fourth-order valence-corrected chi connectivity index (χ4v) is 6.63. The highest BCUT2D eigenvalue weighted by atomic mass is 32.2. The van der Waals surface area contributed by atoms with Gasteiger partial charge in [0, 0.05) is 6.54 Å². The lowest BCUT2D eigenvalue weighted by Crippen LogP contribution is -2.46. The highest BCUT2D eigenvalue weighted by molar-refractivity contribution is 7.91. The van der Waals surface area contributed by atoms with Crippen LogP contribution in [-0.2, 0) is 30.8 Å². The van der Waals surface area contributed by atoms with Gasteiger partial charge < -0.3 is 4.74 Å². The number of hydrogen-bond donors (Lipinski definition) is 0. The topological polar surface area (TPSA) is 101 Å². The first kappa shape index (κ1) is 24.8. The molecule has 0 spiro atoms. The fourth-order valence-electron chi connectivity index (χ4n) is 3.93. The highest BCUT2D eigenvalue weighted by Crippen LogP contribution is 2.31. The van der Waals surface area contributed by atoms with Crippen LogP contribution in [0.25, 0.3) is 0 Å². The number of ether oxygens (including phenoxy) is 1. The Balaban J connectivity index is 1.62.